The molecule has 144 valence electrons. The molecule has 0 aromatic heterocycles. The molecule has 3 fully saturated rings. The molecule has 6 nitrogen and oxygen atoms in total. The van der Waals surface area contributed by atoms with E-state index in [9.17, 15) is 4.79 Å². The van der Waals surface area contributed by atoms with Crippen LogP contribution in [0.3, 0.4) is 0 Å². The van der Waals surface area contributed by atoms with Gasteiger partial charge in [-0.1, -0.05) is 29.8 Å². The summed E-state index contributed by atoms with van der Waals surface area (Å²) in [5.74, 6) is 0.208. The second kappa shape index (κ2) is 8.87. The molecular formula is C18H27Cl2N5O. The molecule has 0 spiro atoms. The van der Waals surface area contributed by atoms with Gasteiger partial charge >= 0.3 is 0 Å². The fourth-order valence-corrected chi connectivity index (χ4v) is 4.45. The number of carbonyl (C=O) groups is 1. The maximum Gasteiger partial charge on any atom is 0.241 e. The Labute approximate surface area is 166 Å². The van der Waals surface area contributed by atoms with Crippen LogP contribution in [0.15, 0.2) is 24.3 Å². The normalized spacial score (nSPS) is 29.6. The Morgan fingerprint density at radius 2 is 1.88 bits per heavy atom. The standard InChI is InChI=1S/C18H26ClN5O.ClH/c19-15-4-2-1-3-14(15)16-11-17(22-21-16)18(25)24-8-5-13(12-24)23-9-6-20-7-10-23;/h1-4,13,16-17,20-22H,5-12H2;1H. The number of likely N-dealkylation sites (tertiary alicyclic amines) is 1. The highest BCUT2D eigenvalue weighted by molar-refractivity contribution is 6.31. The molecule has 1 aromatic rings. The molecule has 0 saturated carbocycles. The quantitative estimate of drug-likeness (QED) is 0.712. The van der Waals surface area contributed by atoms with E-state index in [2.05, 4.69) is 21.1 Å². The maximum absolute atomic E-state index is 12.9. The summed E-state index contributed by atoms with van der Waals surface area (Å²) in [6.07, 6.45) is 1.82. The number of carbonyl (C=O) groups excluding carboxylic acids is 1. The lowest BCUT2D eigenvalue weighted by molar-refractivity contribution is -0.132. The number of rotatable bonds is 3. The highest BCUT2D eigenvalue weighted by atomic mass is 35.5. The van der Waals surface area contributed by atoms with Crippen molar-refractivity contribution in [2.45, 2.75) is 31.0 Å². The zero-order valence-corrected chi connectivity index (χ0v) is 16.4. The summed E-state index contributed by atoms with van der Waals surface area (Å²) in [4.78, 5) is 17.5. The molecule has 3 heterocycles. The molecule has 4 rings (SSSR count). The molecule has 3 saturated heterocycles. The van der Waals surface area contributed by atoms with E-state index in [1.165, 1.54) is 0 Å². The van der Waals surface area contributed by atoms with Crippen LogP contribution in [0.5, 0.6) is 0 Å². The highest BCUT2D eigenvalue weighted by Crippen LogP contribution is 2.29. The third-order valence-electron chi connectivity index (χ3n) is 5.62. The summed E-state index contributed by atoms with van der Waals surface area (Å²) >= 11 is 6.29. The second-order valence-electron chi connectivity index (χ2n) is 7.16. The summed E-state index contributed by atoms with van der Waals surface area (Å²) in [6, 6.07) is 8.24. The Balaban J connectivity index is 0.00000196. The lowest BCUT2D eigenvalue weighted by Gasteiger charge is -2.32. The third-order valence-corrected chi connectivity index (χ3v) is 5.97. The minimum atomic E-state index is -0.178. The van der Waals surface area contributed by atoms with Crippen molar-refractivity contribution in [3.05, 3.63) is 34.9 Å². The van der Waals surface area contributed by atoms with Crippen molar-refractivity contribution in [3.8, 4) is 0 Å². The monoisotopic (exact) mass is 399 g/mol. The van der Waals surface area contributed by atoms with Crippen LogP contribution in [0.25, 0.3) is 0 Å². The van der Waals surface area contributed by atoms with Crippen molar-refractivity contribution < 1.29 is 4.79 Å². The van der Waals surface area contributed by atoms with Crippen LogP contribution in [0.4, 0.5) is 0 Å². The molecule has 3 aliphatic heterocycles. The average Bonchev–Trinajstić information content (AvgIpc) is 3.32. The number of hydrazine groups is 1. The molecule has 0 radical (unpaired) electrons. The average molecular weight is 400 g/mol. The molecule has 1 aromatic carbocycles. The minimum Gasteiger partial charge on any atom is -0.340 e. The Morgan fingerprint density at radius 3 is 2.65 bits per heavy atom. The van der Waals surface area contributed by atoms with Crippen molar-refractivity contribution in [1.82, 2.24) is 26.0 Å². The van der Waals surface area contributed by atoms with Gasteiger partial charge in [-0.05, 0) is 24.5 Å². The smallest absolute Gasteiger partial charge is 0.241 e. The zero-order valence-electron chi connectivity index (χ0n) is 14.8. The molecule has 3 atom stereocenters. The van der Waals surface area contributed by atoms with Gasteiger partial charge < -0.3 is 10.2 Å². The molecule has 3 aliphatic rings. The van der Waals surface area contributed by atoms with Gasteiger partial charge in [0, 0.05) is 56.4 Å². The van der Waals surface area contributed by atoms with Gasteiger partial charge in [-0.25, -0.2) is 10.9 Å². The van der Waals surface area contributed by atoms with Crippen molar-refractivity contribution in [3.63, 3.8) is 0 Å². The lowest BCUT2D eigenvalue weighted by atomic mass is 10.0. The van der Waals surface area contributed by atoms with Gasteiger partial charge in [0.25, 0.3) is 0 Å². The number of amides is 1. The Kier molecular flexibility index (Phi) is 6.77. The summed E-state index contributed by atoms with van der Waals surface area (Å²) in [5, 5.41) is 4.14. The lowest BCUT2D eigenvalue weighted by Crippen LogP contribution is -2.50. The van der Waals surface area contributed by atoms with Gasteiger partial charge in [-0.3, -0.25) is 9.69 Å². The van der Waals surface area contributed by atoms with Crippen LogP contribution in [0.1, 0.15) is 24.4 Å². The number of hydrogen-bond acceptors (Lipinski definition) is 5. The van der Waals surface area contributed by atoms with E-state index in [4.69, 9.17) is 11.6 Å². The fraction of sp³-hybridized carbons (Fsp3) is 0.611. The predicted molar refractivity (Wildman–Crippen MR) is 106 cm³/mol. The number of benzene rings is 1. The SMILES string of the molecule is Cl.O=C(C1CC(c2ccccc2Cl)NN1)N1CCC(N2CCNCC2)C1. The van der Waals surface area contributed by atoms with Crippen molar-refractivity contribution >= 4 is 29.9 Å². The van der Waals surface area contributed by atoms with Gasteiger partial charge in [0.05, 0.1) is 0 Å². The number of halogens is 2. The first-order valence-corrected chi connectivity index (χ1v) is 9.59. The number of nitrogens with one attached hydrogen (secondary N) is 3. The van der Waals surface area contributed by atoms with Crippen molar-refractivity contribution in [2.24, 2.45) is 0 Å². The Morgan fingerprint density at radius 1 is 1.12 bits per heavy atom. The van der Waals surface area contributed by atoms with Crippen LogP contribution >= 0.6 is 24.0 Å². The van der Waals surface area contributed by atoms with E-state index in [1.54, 1.807) is 0 Å². The minimum absolute atomic E-state index is 0. The number of hydrogen-bond donors (Lipinski definition) is 3. The molecule has 8 heteroatoms. The van der Waals surface area contributed by atoms with Gasteiger partial charge in [-0.15, -0.1) is 12.4 Å². The molecule has 0 aliphatic carbocycles. The van der Waals surface area contributed by atoms with Crippen LogP contribution in [-0.4, -0.2) is 67.1 Å². The van der Waals surface area contributed by atoms with Crippen molar-refractivity contribution in [1.29, 1.82) is 0 Å². The third kappa shape index (κ3) is 4.16. The van der Waals surface area contributed by atoms with E-state index in [-0.39, 0.29) is 30.4 Å². The second-order valence-corrected chi connectivity index (χ2v) is 7.57. The first-order valence-electron chi connectivity index (χ1n) is 9.21. The topological polar surface area (TPSA) is 59.6 Å². The van der Waals surface area contributed by atoms with Crippen LogP contribution in [0.2, 0.25) is 5.02 Å². The maximum atomic E-state index is 12.9. The van der Waals surface area contributed by atoms with Gasteiger partial charge in [0.15, 0.2) is 0 Å². The highest BCUT2D eigenvalue weighted by Gasteiger charge is 2.37. The molecule has 3 unspecified atom stereocenters. The van der Waals surface area contributed by atoms with E-state index in [0.29, 0.717) is 6.04 Å². The summed E-state index contributed by atoms with van der Waals surface area (Å²) in [7, 11) is 0. The summed E-state index contributed by atoms with van der Waals surface area (Å²) in [6.45, 7) is 6.00. The van der Waals surface area contributed by atoms with Crippen LogP contribution in [0, 0.1) is 0 Å². The van der Waals surface area contributed by atoms with Gasteiger partial charge in [0.2, 0.25) is 5.91 Å². The summed E-state index contributed by atoms with van der Waals surface area (Å²) in [5.41, 5.74) is 7.47. The molecule has 26 heavy (non-hydrogen) atoms. The molecule has 1 amide bonds. The summed E-state index contributed by atoms with van der Waals surface area (Å²) < 4.78 is 0. The Hall–Kier alpha value is -0.890. The number of piperazine rings is 1. The fourth-order valence-electron chi connectivity index (χ4n) is 4.19. The molecule has 3 N–H and O–H groups in total. The van der Waals surface area contributed by atoms with Crippen LogP contribution in [-0.2, 0) is 4.79 Å². The van der Waals surface area contributed by atoms with E-state index in [1.807, 2.05) is 29.2 Å². The van der Waals surface area contributed by atoms with E-state index < -0.39 is 0 Å². The van der Waals surface area contributed by atoms with E-state index >= 15 is 0 Å². The first kappa shape index (κ1) is 19.9. The number of nitrogens with zero attached hydrogens (tertiary/aromatic N) is 2. The predicted octanol–water partition coefficient (Wildman–Crippen LogP) is 1.18. The first-order chi connectivity index (χ1) is 12.2. The van der Waals surface area contributed by atoms with E-state index in [0.717, 1.165) is 62.7 Å². The molecule has 0 bridgehead atoms. The van der Waals surface area contributed by atoms with Gasteiger partial charge in [0.1, 0.15) is 6.04 Å². The van der Waals surface area contributed by atoms with Crippen molar-refractivity contribution in [2.75, 3.05) is 39.3 Å². The zero-order chi connectivity index (χ0) is 17.2. The molecular weight excluding hydrogens is 373 g/mol. The Bertz CT molecular complexity index is 625. The largest absolute Gasteiger partial charge is 0.340 e. The van der Waals surface area contributed by atoms with Crippen LogP contribution < -0.4 is 16.2 Å². The van der Waals surface area contributed by atoms with Gasteiger partial charge in [-0.2, -0.15) is 0 Å².